The van der Waals surface area contributed by atoms with E-state index in [0.717, 1.165) is 25.7 Å². The van der Waals surface area contributed by atoms with Crippen molar-refractivity contribution in [2.24, 2.45) is 0 Å². The van der Waals surface area contributed by atoms with Gasteiger partial charge in [-0.25, -0.2) is 5.11 Å². The van der Waals surface area contributed by atoms with Gasteiger partial charge >= 0.3 is 0 Å². The molecule has 10 heavy (non-hydrogen) atoms. The second kappa shape index (κ2) is 3.59. The van der Waals surface area contributed by atoms with E-state index in [-0.39, 0.29) is 0 Å². The van der Waals surface area contributed by atoms with Crippen LogP contribution in [0.4, 0.5) is 0 Å². The molecule has 0 heterocycles. The third-order valence-electron chi connectivity index (χ3n) is 2.31. The molecule has 0 bridgehead atoms. The normalized spacial score (nSPS) is 24.6. The van der Waals surface area contributed by atoms with Crippen molar-refractivity contribution in [2.45, 2.75) is 44.1 Å². The van der Waals surface area contributed by atoms with Crippen LogP contribution >= 0.6 is 11.6 Å². The molecule has 1 aliphatic carbocycles. The van der Waals surface area contributed by atoms with Crippen LogP contribution in [0.5, 0.6) is 0 Å². The maximum Gasteiger partial charge on any atom is 0.105 e. The van der Waals surface area contributed by atoms with Gasteiger partial charge in [-0.15, -0.1) is 11.6 Å². The minimum atomic E-state index is -0.653. The van der Waals surface area contributed by atoms with E-state index in [9.17, 15) is 5.11 Å². The first-order chi connectivity index (χ1) is 4.77. The zero-order chi connectivity index (χ0) is 7.45. The van der Waals surface area contributed by atoms with Gasteiger partial charge in [-0.05, 0) is 19.3 Å². The van der Waals surface area contributed by atoms with Gasteiger partial charge < -0.3 is 0 Å². The first-order valence-corrected chi connectivity index (χ1v) is 4.57. The molecule has 0 unspecified atom stereocenters. The van der Waals surface area contributed by atoms with Crippen molar-refractivity contribution in [1.82, 2.24) is 0 Å². The fourth-order valence-electron chi connectivity index (χ4n) is 1.62. The van der Waals surface area contributed by atoms with Crippen LogP contribution in [-0.4, -0.2) is 11.5 Å². The van der Waals surface area contributed by atoms with E-state index in [0.29, 0.717) is 12.3 Å². The molecule has 0 aliphatic heterocycles. The fourth-order valence-corrected chi connectivity index (χ4v) is 1.96. The first kappa shape index (κ1) is 8.35. The van der Waals surface area contributed by atoms with E-state index < -0.39 is 5.60 Å². The summed E-state index contributed by atoms with van der Waals surface area (Å²) in [6.07, 6.45) is 5.82. The van der Waals surface area contributed by atoms with E-state index in [1.165, 1.54) is 6.42 Å². The fraction of sp³-hybridized carbons (Fsp3) is 1.00. The van der Waals surface area contributed by atoms with Crippen LogP contribution in [0, 0.1) is 0 Å². The zero-order valence-electron chi connectivity index (χ0n) is 6.24. The van der Waals surface area contributed by atoms with E-state index in [2.05, 4.69) is 0 Å². The molecule has 59 valence electrons. The van der Waals surface area contributed by atoms with Crippen molar-refractivity contribution in [3.8, 4) is 0 Å². The Balaban J connectivity index is 2.32. The lowest BCUT2D eigenvalue weighted by atomic mass is 9.83. The van der Waals surface area contributed by atoms with Gasteiger partial charge in [0.15, 0.2) is 0 Å². The summed E-state index contributed by atoms with van der Waals surface area (Å²) in [7, 11) is 0. The summed E-state index contributed by atoms with van der Waals surface area (Å²) in [5.74, 6) is 0.531. The van der Waals surface area contributed by atoms with Crippen LogP contribution in [0.2, 0.25) is 0 Å². The van der Waals surface area contributed by atoms with E-state index in [4.69, 9.17) is 11.6 Å². The van der Waals surface area contributed by atoms with Crippen LogP contribution < -0.4 is 0 Å². The lowest BCUT2D eigenvalue weighted by molar-refractivity contribution is -0.0602. The van der Waals surface area contributed by atoms with Crippen molar-refractivity contribution >= 4 is 11.6 Å². The smallest absolute Gasteiger partial charge is 0.105 e. The van der Waals surface area contributed by atoms with Crippen LogP contribution in [-0.2, 0) is 5.11 Å². The van der Waals surface area contributed by atoms with Crippen molar-refractivity contribution in [3.63, 3.8) is 0 Å². The number of halogens is 1. The van der Waals surface area contributed by atoms with Gasteiger partial charge in [0.05, 0.1) is 0 Å². The Hall–Kier alpha value is 0.250. The molecule has 2 heteroatoms. The molecule has 0 aromatic rings. The minimum Gasteiger partial charge on any atom is -0.229 e. The molecule has 0 spiro atoms. The highest BCUT2D eigenvalue weighted by Gasteiger charge is 2.30. The summed E-state index contributed by atoms with van der Waals surface area (Å²) in [5, 5.41) is 11.6. The average Bonchev–Trinajstić information content (AvgIpc) is 1.89. The summed E-state index contributed by atoms with van der Waals surface area (Å²) in [4.78, 5) is 0. The van der Waals surface area contributed by atoms with Gasteiger partial charge in [-0.3, -0.25) is 0 Å². The Morgan fingerprint density at radius 2 is 1.80 bits per heavy atom. The monoisotopic (exact) mass is 161 g/mol. The van der Waals surface area contributed by atoms with Crippen LogP contribution in [0.3, 0.4) is 0 Å². The van der Waals surface area contributed by atoms with E-state index in [1.807, 2.05) is 0 Å². The molecule has 0 aromatic carbocycles. The molecule has 1 radical (unpaired) electrons. The highest BCUT2D eigenvalue weighted by Crippen LogP contribution is 2.31. The quantitative estimate of drug-likeness (QED) is 0.555. The summed E-state index contributed by atoms with van der Waals surface area (Å²) in [6.45, 7) is 0. The predicted molar refractivity (Wildman–Crippen MR) is 41.8 cm³/mol. The van der Waals surface area contributed by atoms with Crippen molar-refractivity contribution in [1.29, 1.82) is 0 Å². The van der Waals surface area contributed by atoms with E-state index >= 15 is 0 Å². The summed E-state index contributed by atoms with van der Waals surface area (Å²) in [6, 6.07) is 0. The maximum atomic E-state index is 11.6. The largest absolute Gasteiger partial charge is 0.229 e. The summed E-state index contributed by atoms with van der Waals surface area (Å²) >= 11 is 5.52. The Morgan fingerprint density at radius 1 is 1.20 bits per heavy atom. The molecule has 0 aromatic heterocycles. The molecule has 0 saturated heterocycles. The Morgan fingerprint density at radius 3 is 2.30 bits per heavy atom. The lowest BCUT2D eigenvalue weighted by Gasteiger charge is -2.28. The molecule has 1 nitrogen and oxygen atoms in total. The molecule has 0 N–H and O–H groups in total. The van der Waals surface area contributed by atoms with Gasteiger partial charge in [-0.1, -0.05) is 19.3 Å². The van der Waals surface area contributed by atoms with Gasteiger partial charge in [-0.2, -0.15) is 0 Å². The summed E-state index contributed by atoms with van der Waals surface area (Å²) in [5.41, 5.74) is -0.653. The summed E-state index contributed by atoms with van der Waals surface area (Å²) < 4.78 is 0. The van der Waals surface area contributed by atoms with Crippen LogP contribution in [0.15, 0.2) is 0 Å². The molecule has 0 atom stereocenters. The Labute approximate surface area is 67.4 Å². The molecule has 1 rings (SSSR count). The first-order valence-electron chi connectivity index (χ1n) is 4.03. The van der Waals surface area contributed by atoms with Gasteiger partial charge in [0.25, 0.3) is 0 Å². The SMILES string of the molecule is [O]C1(CCCl)CCCCC1. The maximum absolute atomic E-state index is 11.6. The highest BCUT2D eigenvalue weighted by atomic mass is 35.5. The average molecular weight is 162 g/mol. The predicted octanol–water partition coefficient (Wildman–Crippen LogP) is 2.75. The second-order valence-corrected chi connectivity index (χ2v) is 3.56. The van der Waals surface area contributed by atoms with Crippen LogP contribution in [0.1, 0.15) is 38.5 Å². The van der Waals surface area contributed by atoms with E-state index in [1.54, 1.807) is 0 Å². The molecular formula is C8H14ClO. The van der Waals surface area contributed by atoms with Gasteiger partial charge in [0.2, 0.25) is 0 Å². The number of hydrogen-bond acceptors (Lipinski definition) is 0. The van der Waals surface area contributed by atoms with Gasteiger partial charge in [0, 0.05) is 5.88 Å². The molecule has 1 fully saturated rings. The third kappa shape index (κ3) is 2.14. The lowest BCUT2D eigenvalue weighted by Crippen LogP contribution is -2.29. The molecular weight excluding hydrogens is 148 g/mol. The molecule has 1 aliphatic rings. The second-order valence-electron chi connectivity index (χ2n) is 3.18. The van der Waals surface area contributed by atoms with Crippen molar-refractivity contribution < 1.29 is 5.11 Å². The number of rotatable bonds is 2. The Kier molecular flexibility index (Phi) is 2.99. The Bertz CT molecular complexity index is 91.9. The topological polar surface area (TPSA) is 19.9 Å². The third-order valence-corrected chi connectivity index (χ3v) is 2.50. The standard InChI is InChI=1S/C8H14ClO/c9-7-6-8(10)4-2-1-3-5-8/h1-7H2. The number of hydrogen-bond donors (Lipinski definition) is 0. The highest BCUT2D eigenvalue weighted by molar-refractivity contribution is 6.17. The van der Waals surface area contributed by atoms with Crippen molar-refractivity contribution in [2.75, 3.05) is 5.88 Å². The van der Waals surface area contributed by atoms with Crippen molar-refractivity contribution in [3.05, 3.63) is 0 Å². The van der Waals surface area contributed by atoms with Gasteiger partial charge in [0.1, 0.15) is 5.60 Å². The zero-order valence-corrected chi connectivity index (χ0v) is 6.99. The molecule has 0 amide bonds. The van der Waals surface area contributed by atoms with Crippen LogP contribution in [0.25, 0.3) is 0 Å². The minimum absolute atomic E-state index is 0.531. The molecule has 1 saturated carbocycles. The number of alkyl halides is 1.